The summed E-state index contributed by atoms with van der Waals surface area (Å²) in [6.45, 7) is 2.73. The van der Waals surface area contributed by atoms with E-state index in [1.165, 1.54) is 0 Å². The Morgan fingerprint density at radius 2 is 2.07 bits per heavy atom. The molecule has 1 radical (unpaired) electrons. The average molecular weight is 209 g/mol. The van der Waals surface area contributed by atoms with Crippen molar-refractivity contribution in [1.82, 2.24) is 0 Å². The molecule has 15 heavy (non-hydrogen) atoms. The summed E-state index contributed by atoms with van der Waals surface area (Å²) in [7, 11) is 1.61. The third-order valence-electron chi connectivity index (χ3n) is 2.15. The van der Waals surface area contributed by atoms with Gasteiger partial charge >= 0.3 is 0 Å². The SMILES string of the molecule is CCOCC([O])Cc1ccccc1OC. The van der Waals surface area contributed by atoms with E-state index in [0.29, 0.717) is 13.0 Å². The first-order valence-corrected chi connectivity index (χ1v) is 5.13. The van der Waals surface area contributed by atoms with Crippen molar-refractivity contribution in [1.29, 1.82) is 0 Å². The Bertz CT molecular complexity index is 286. The van der Waals surface area contributed by atoms with Gasteiger partial charge in [0.2, 0.25) is 0 Å². The topological polar surface area (TPSA) is 38.4 Å². The fourth-order valence-electron chi connectivity index (χ4n) is 1.43. The van der Waals surface area contributed by atoms with Crippen LogP contribution in [0.25, 0.3) is 0 Å². The Labute approximate surface area is 90.6 Å². The van der Waals surface area contributed by atoms with Crippen molar-refractivity contribution in [2.75, 3.05) is 20.3 Å². The van der Waals surface area contributed by atoms with Gasteiger partial charge in [-0.3, -0.25) is 0 Å². The molecule has 0 aliphatic heterocycles. The highest BCUT2D eigenvalue weighted by Crippen LogP contribution is 2.18. The molecule has 0 N–H and O–H groups in total. The largest absolute Gasteiger partial charge is 0.496 e. The lowest BCUT2D eigenvalue weighted by atomic mass is 10.1. The van der Waals surface area contributed by atoms with Gasteiger partial charge in [0, 0.05) is 13.0 Å². The van der Waals surface area contributed by atoms with Gasteiger partial charge in [-0.25, -0.2) is 5.11 Å². The smallest absolute Gasteiger partial charge is 0.122 e. The molecule has 1 aromatic rings. The maximum Gasteiger partial charge on any atom is 0.122 e. The summed E-state index contributed by atoms with van der Waals surface area (Å²) in [6, 6.07) is 7.58. The van der Waals surface area contributed by atoms with Crippen LogP contribution >= 0.6 is 0 Å². The van der Waals surface area contributed by atoms with Gasteiger partial charge in [0.25, 0.3) is 0 Å². The molecule has 1 atom stereocenters. The van der Waals surface area contributed by atoms with Crippen LogP contribution in [0.4, 0.5) is 0 Å². The van der Waals surface area contributed by atoms with Gasteiger partial charge in [-0.2, -0.15) is 0 Å². The highest BCUT2D eigenvalue weighted by atomic mass is 16.5. The van der Waals surface area contributed by atoms with Crippen molar-refractivity contribution >= 4 is 0 Å². The summed E-state index contributed by atoms with van der Waals surface area (Å²) in [6.07, 6.45) is -0.273. The molecule has 0 amide bonds. The molecule has 0 aliphatic rings. The molecule has 1 unspecified atom stereocenters. The third-order valence-corrected chi connectivity index (χ3v) is 2.15. The predicted molar refractivity (Wildman–Crippen MR) is 57.7 cm³/mol. The summed E-state index contributed by atoms with van der Waals surface area (Å²) in [5, 5.41) is 11.5. The van der Waals surface area contributed by atoms with Crippen molar-refractivity contribution < 1.29 is 14.6 Å². The normalized spacial score (nSPS) is 12.5. The van der Waals surface area contributed by atoms with Crippen LogP contribution in [0.1, 0.15) is 12.5 Å². The molecule has 0 bridgehead atoms. The molecular formula is C12H17O3. The van der Waals surface area contributed by atoms with Gasteiger partial charge in [-0.15, -0.1) is 0 Å². The number of benzene rings is 1. The van der Waals surface area contributed by atoms with Crippen LogP contribution in [0, 0.1) is 0 Å². The molecule has 83 valence electrons. The average Bonchev–Trinajstić information content (AvgIpc) is 2.27. The Hall–Kier alpha value is -1.06. The number of methoxy groups -OCH3 is 1. The van der Waals surface area contributed by atoms with E-state index in [4.69, 9.17) is 9.47 Å². The molecular weight excluding hydrogens is 192 g/mol. The highest BCUT2D eigenvalue weighted by Gasteiger charge is 2.10. The fraction of sp³-hybridized carbons (Fsp3) is 0.500. The van der Waals surface area contributed by atoms with Crippen LogP contribution < -0.4 is 4.74 Å². The summed E-state index contributed by atoms with van der Waals surface area (Å²) in [4.78, 5) is 0. The van der Waals surface area contributed by atoms with Gasteiger partial charge in [0.1, 0.15) is 11.9 Å². The van der Waals surface area contributed by atoms with E-state index < -0.39 is 6.10 Å². The number of para-hydroxylation sites is 1. The van der Waals surface area contributed by atoms with Gasteiger partial charge < -0.3 is 9.47 Å². The molecule has 0 spiro atoms. The van der Waals surface area contributed by atoms with E-state index in [1.807, 2.05) is 31.2 Å². The lowest BCUT2D eigenvalue weighted by Crippen LogP contribution is -2.17. The molecule has 1 aromatic carbocycles. The number of hydrogen-bond acceptors (Lipinski definition) is 2. The lowest BCUT2D eigenvalue weighted by Gasteiger charge is -2.11. The van der Waals surface area contributed by atoms with Crippen LogP contribution in [0.2, 0.25) is 0 Å². The number of hydrogen-bond donors (Lipinski definition) is 0. The van der Waals surface area contributed by atoms with Crippen molar-refractivity contribution in [2.24, 2.45) is 0 Å². The summed E-state index contributed by atoms with van der Waals surface area (Å²) in [5.41, 5.74) is 0.944. The van der Waals surface area contributed by atoms with Crippen molar-refractivity contribution in [3.63, 3.8) is 0 Å². The lowest BCUT2D eigenvalue weighted by molar-refractivity contribution is 0.00115. The van der Waals surface area contributed by atoms with Crippen molar-refractivity contribution in [3.8, 4) is 5.75 Å². The van der Waals surface area contributed by atoms with Gasteiger partial charge in [0.05, 0.1) is 13.7 Å². The second-order valence-corrected chi connectivity index (χ2v) is 3.30. The van der Waals surface area contributed by atoms with E-state index in [1.54, 1.807) is 7.11 Å². The predicted octanol–water partition coefficient (Wildman–Crippen LogP) is 2.07. The quantitative estimate of drug-likeness (QED) is 0.719. The van der Waals surface area contributed by atoms with E-state index in [2.05, 4.69) is 0 Å². The summed E-state index contributed by atoms with van der Waals surface area (Å²) in [5.74, 6) is 0.773. The van der Waals surface area contributed by atoms with Crippen LogP contribution in [0.15, 0.2) is 24.3 Å². The van der Waals surface area contributed by atoms with Gasteiger partial charge in [-0.05, 0) is 18.6 Å². The van der Waals surface area contributed by atoms with E-state index in [-0.39, 0.29) is 6.61 Å². The van der Waals surface area contributed by atoms with Crippen molar-refractivity contribution in [2.45, 2.75) is 19.4 Å². The van der Waals surface area contributed by atoms with Gasteiger partial charge in [-0.1, -0.05) is 18.2 Å². The fourth-order valence-corrected chi connectivity index (χ4v) is 1.43. The zero-order valence-corrected chi connectivity index (χ0v) is 9.23. The van der Waals surface area contributed by atoms with Crippen LogP contribution in [-0.4, -0.2) is 26.4 Å². The van der Waals surface area contributed by atoms with E-state index >= 15 is 0 Å². The number of ether oxygens (including phenoxy) is 2. The molecule has 0 aliphatic carbocycles. The minimum Gasteiger partial charge on any atom is -0.496 e. The van der Waals surface area contributed by atoms with E-state index in [0.717, 1.165) is 11.3 Å². The summed E-state index contributed by atoms with van der Waals surface area (Å²) < 4.78 is 10.3. The third kappa shape index (κ3) is 3.90. The monoisotopic (exact) mass is 209 g/mol. The molecule has 0 fully saturated rings. The Balaban J connectivity index is 2.55. The molecule has 0 heterocycles. The maximum atomic E-state index is 11.5. The molecule has 0 aromatic heterocycles. The second kappa shape index (κ2) is 6.43. The molecule has 3 nitrogen and oxygen atoms in total. The second-order valence-electron chi connectivity index (χ2n) is 3.30. The minimum atomic E-state index is -0.721. The molecule has 0 saturated heterocycles. The maximum absolute atomic E-state index is 11.5. The van der Waals surface area contributed by atoms with Gasteiger partial charge in [0.15, 0.2) is 0 Å². The highest BCUT2D eigenvalue weighted by molar-refractivity contribution is 5.33. The van der Waals surface area contributed by atoms with Crippen LogP contribution in [-0.2, 0) is 16.3 Å². The molecule has 3 heteroatoms. The zero-order valence-electron chi connectivity index (χ0n) is 9.23. The number of rotatable bonds is 6. The molecule has 0 saturated carbocycles. The first kappa shape index (κ1) is 12.0. The standard InChI is InChI=1S/C12H17O3/c1-3-15-9-11(13)8-10-6-4-5-7-12(10)14-2/h4-7,11H,3,8-9H2,1-2H3. The minimum absolute atomic E-state index is 0.258. The first-order chi connectivity index (χ1) is 7.27. The Kier molecular flexibility index (Phi) is 5.15. The Morgan fingerprint density at radius 1 is 1.33 bits per heavy atom. The zero-order chi connectivity index (χ0) is 11.1. The van der Waals surface area contributed by atoms with Crippen molar-refractivity contribution in [3.05, 3.63) is 29.8 Å². The first-order valence-electron chi connectivity index (χ1n) is 5.13. The molecule has 1 rings (SSSR count). The Morgan fingerprint density at radius 3 is 2.73 bits per heavy atom. The van der Waals surface area contributed by atoms with Crippen LogP contribution in [0.5, 0.6) is 5.75 Å². The van der Waals surface area contributed by atoms with E-state index in [9.17, 15) is 5.11 Å². The van der Waals surface area contributed by atoms with Crippen LogP contribution in [0.3, 0.4) is 0 Å². The summed E-state index contributed by atoms with van der Waals surface area (Å²) >= 11 is 0.